The molecule has 4 rings (SSSR count). The van der Waals surface area contributed by atoms with Crippen LogP contribution >= 0.6 is 11.3 Å². The predicted molar refractivity (Wildman–Crippen MR) is 92.0 cm³/mol. The van der Waals surface area contributed by atoms with Crippen LogP contribution in [0.25, 0.3) is 31.4 Å². The smallest absolute Gasteiger partial charge is 0.0994 e. The number of fused-ring (bicyclic) bond motifs is 3. The van der Waals surface area contributed by atoms with Gasteiger partial charge in [-0.1, -0.05) is 30.3 Å². The van der Waals surface area contributed by atoms with Crippen molar-refractivity contribution in [2.75, 3.05) is 0 Å². The lowest BCUT2D eigenvalue weighted by atomic mass is 10.0. The van der Waals surface area contributed by atoms with Gasteiger partial charge in [0.2, 0.25) is 0 Å². The fraction of sp³-hybridized carbons (Fsp3) is 0.0526. The lowest BCUT2D eigenvalue weighted by Crippen LogP contribution is -1.81. The molecule has 0 N–H and O–H groups in total. The van der Waals surface area contributed by atoms with Gasteiger partial charge in [-0.2, -0.15) is 5.26 Å². The highest BCUT2D eigenvalue weighted by molar-refractivity contribution is 7.26. The van der Waals surface area contributed by atoms with Crippen molar-refractivity contribution in [1.82, 2.24) is 4.98 Å². The molecule has 4 aromatic rings. The average molecular weight is 300 g/mol. The number of hydrogen-bond donors (Lipinski definition) is 0. The first kappa shape index (κ1) is 13.0. The van der Waals surface area contributed by atoms with Crippen molar-refractivity contribution in [2.45, 2.75) is 6.92 Å². The molecule has 0 saturated carbocycles. The summed E-state index contributed by atoms with van der Waals surface area (Å²) in [5.74, 6) is 0. The van der Waals surface area contributed by atoms with Crippen LogP contribution in [0.1, 0.15) is 11.1 Å². The Morgan fingerprint density at radius 2 is 1.82 bits per heavy atom. The van der Waals surface area contributed by atoms with Gasteiger partial charge in [-0.15, -0.1) is 11.3 Å². The van der Waals surface area contributed by atoms with E-state index in [1.54, 1.807) is 11.3 Å². The van der Waals surface area contributed by atoms with Gasteiger partial charge in [0.1, 0.15) is 0 Å². The highest BCUT2D eigenvalue weighted by Gasteiger charge is 2.13. The van der Waals surface area contributed by atoms with Gasteiger partial charge in [0.25, 0.3) is 0 Å². The number of benzene rings is 2. The third kappa shape index (κ3) is 1.82. The van der Waals surface area contributed by atoms with Crippen LogP contribution in [-0.2, 0) is 0 Å². The van der Waals surface area contributed by atoms with E-state index < -0.39 is 0 Å². The Balaban J connectivity index is 2.12. The van der Waals surface area contributed by atoms with Crippen LogP contribution in [0.15, 0.2) is 54.7 Å². The molecule has 0 bridgehead atoms. The first-order chi connectivity index (χ1) is 10.8. The Morgan fingerprint density at radius 1 is 0.955 bits per heavy atom. The molecule has 0 fully saturated rings. The Morgan fingerprint density at radius 3 is 2.59 bits per heavy atom. The second-order valence-corrected chi connectivity index (χ2v) is 6.25. The van der Waals surface area contributed by atoms with Crippen LogP contribution < -0.4 is 0 Å². The van der Waals surface area contributed by atoms with Crippen LogP contribution in [0.3, 0.4) is 0 Å². The zero-order chi connectivity index (χ0) is 15.1. The molecule has 0 spiro atoms. The maximum Gasteiger partial charge on any atom is 0.0994 e. The predicted octanol–water partition coefficient (Wildman–Crippen LogP) is 5.30. The molecule has 0 aliphatic rings. The summed E-state index contributed by atoms with van der Waals surface area (Å²) in [6, 6.07) is 18.5. The zero-order valence-electron chi connectivity index (χ0n) is 12.0. The average Bonchev–Trinajstić information content (AvgIpc) is 2.96. The van der Waals surface area contributed by atoms with Crippen molar-refractivity contribution in [3.63, 3.8) is 0 Å². The van der Waals surface area contributed by atoms with E-state index >= 15 is 0 Å². The largest absolute Gasteiger partial charge is 0.256 e. The van der Waals surface area contributed by atoms with E-state index in [0.29, 0.717) is 0 Å². The zero-order valence-corrected chi connectivity index (χ0v) is 12.8. The number of nitrogens with zero attached hydrogens (tertiary/aromatic N) is 2. The Kier molecular flexibility index (Phi) is 2.92. The lowest BCUT2D eigenvalue weighted by Gasteiger charge is -2.01. The summed E-state index contributed by atoms with van der Waals surface area (Å²) in [7, 11) is 0. The van der Waals surface area contributed by atoms with E-state index in [9.17, 15) is 5.26 Å². The quantitative estimate of drug-likeness (QED) is 0.478. The summed E-state index contributed by atoms with van der Waals surface area (Å²) in [5, 5.41) is 11.7. The monoisotopic (exact) mass is 300 g/mol. The number of pyridine rings is 1. The van der Waals surface area contributed by atoms with Crippen LogP contribution in [-0.4, -0.2) is 4.98 Å². The SMILES string of the molecule is Cc1c(C#N)ccc2c1sc1c(-c3ccccn3)cccc12. The van der Waals surface area contributed by atoms with Gasteiger partial charge in [0.15, 0.2) is 0 Å². The van der Waals surface area contributed by atoms with E-state index in [1.807, 2.05) is 37.4 Å². The Hall–Kier alpha value is -2.70. The first-order valence-corrected chi connectivity index (χ1v) is 7.87. The second kappa shape index (κ2) is 4.94. The molecule has 0 radical (unpaired) electrons. The fourth-order valence-corrected chi connectivity index (χ4v) is 4.17. The molecule has 2 heterocycles. The van der Waals surface area contributed by atoms with Crippen LogP contribution in [0, 0.1) is 18.3 Å². The summed E-state index contributed by atoms with van der Waals surface area (Å²) in [5.41, 5.74) is 3.95. The minimum absolute atomic E-state index is 0.749. The summed E-state index contributed by atoms with van der Waals surface area (Å²) in [4.78, 5) is 4.48. The molecule has 0 amide bonds. The van der Waals surface area contributed by atoms with E-state index in [4.69, 9.17) is 0 Å². The van der Waals surface area contributed by atoms with Crippen molar-refractivity contribution < 1.29 is 0 Å². The van der Waals surface area contributed by atoms with E-state index in [-0.39, 0.29) is 0 Å². The molecule has 0 saturated heterocycles. The minimum Gasteiger partial charge on any atom is -0.256 e. The van der Waals surface area contributed by atoms with Gasteiger partial charge in [-0.25, -0.2) is 0 Å². The van der Waals surface area contributed by atoms with Gasteiger partial charge < -0.3 is 0 Å². The molecular formula is C19H12N2S. The highest BCUT2D eigenvalue weighted by Crippen LogP contribution is 2.41. The molecule has 0 aliphatic heterocycles. The Labute approximate surface area is 132 Å². The van der Waals surface area contributed by atoms with Crippen molar-refractivity contribution in [3.05, 3.63) is 65.9 Å². The van der Waals surface area contributed by atoms with Gasteiger partial charge in [-0.3, -0.25) is 4.98 Å². The van der Waals surface area contributed by atoms with E-state index in [2.05, 4.69) is 35.3 Å². The molecule has 0 unspecified atom stereocenters. The van der Waals surface area contributed by atoms with E-state index in [1.165, 1.54) is 20.2 Å². The van der Waals surface area contributed by atoms with Gasteiger partial charge >= 0.3 is 0 Å². The third-order valence-corrected chi connectivity index (χ3v) is 5.35. The van der Waals surface area contributed by atoms with Crippen LogP contribution in [0.4, 0.5) is 0 Å². The van der Waals surface area contributed by atoms with Crippen LogP contribution in [0.5, 0.6) is 0 Å². The summed E-state index contributed by atoms with van der Waals surface area (Å²) in [6.45, 7) is 2.02. The molecule has 2 aromatic heterocycles. The summed E-state index contributed by atoms with van der Waals surface area (Å²) < 4.78 is 2.42. The van der Waals surface area contributed by atoms with Gasteiger partial charge in [0.05, 0.1) is 17.3 Å². The molecule has 0 aliphatic carbocycles. The lowest BCUT2D eigenvalue weighted by molar-refractivity contribution is 1.33. The number of rotatable bonds is 1. The molecular weight excluding hydrogens is 288 g/mol. The van der Waals surface area contributed by atoms with Crippen molar-refractivity contribution in [1.29, 1.82) is 5.26 Å². The maximum atomic E-state index is 9.23. The van der Waals surface area contributed by atoms with Crippen LogP contribution in [0.2, 0.25) is 0 Å². The molecule has 22 heavy (non-hydrogen) atoms. The summed E-state index contributed by atoms with van der Waals surface area (Å²) in [6.07, 6.45) is 1.82. The normalized spacial score (nSPS) is 10.9. The highest BCUT2D eigenvalue weighted by atomic mass is 32.1. The van der Waals surface area contributed by atoms with Gasteiger partial charge in [-0.05, 0) is 30.7 Å². The standard InChI is InChI=1S/C19H12N2S/c1-12-13(11-20)8-9-15-14-5-4-6-16(19(14)22-18(12)15)17-7-2-3-10-21-17/h2-10H,1H3. The van der Waals surface area contributed by atoms with Crippen molar-refractivity contribution >= 4 is 31.5 Å². The number of hydrogen-bond acceptors (Lipinski definition) is 3. The van der Waals surface area contributed by atoms with Crippen molar-refractivity contribution in [2.24, 2.45) is 0 Å². The third-order valence-electron chi connectivity index (χ3n) is 3.98. The van der Waals surface area contributed by atoms with E-state index in [0.717, 1.165) is 22.4 Å². The molecule has 3 heteroatoms. The number of thiophene rings is 1. The van der Waals surface area contributed by atoms with Gasteiger partial charge in [0, 0.05) is 31.9 Å². The van der Waals surface area contributed by atoms with Crippen molar-refractivity contribution in [3.8, 4) is 17.3 Å². The summed E-state index contributed by atoms with van der Waals surface area (Å²) >= 11 is 1.75. The Bertz CT molecular complexity index is 1040. The second-order valence-electron chi connectivity index (χ2n) is 5.23. The topological polar surface area (TPSA) is 36.7 Å². The molecule has 0 atom stereocenters. The molecule has 2 aromatic carbocycles. The fourth-order valence-electron chi connectivity index (χ4n) is 2.84. The number of aromatic nitrogens is 1. The number of nitriles is 1. The maximum absolute atomic E-state index is 9.23. The first-order valence-electron chi connectivity index (χ1n) is 7.06. The molecule has 104 valence electrons. The molecule has 2 nitrogen and oxygen atoms in total. The minimum atomic E-state index is 0.749. The number of aryl methyl sites for hydroxylation is 1.